The SMILES string of the molecule is CC1(N)N=NC=C1N. The first-order chi connectivity index (χ1) is 3.63. The Morgan fingerprint density at radius 1 is 1.75 bits per heavy atom. The van der Waals surface area contributed by atoms with Crippen molar-refractivity contribution in [3.05, 3.63) is 11.9 Å². The Morgan fingerprint density at radius 2 is 2.38 bits per heavy atom. The van der Waals surface area contributed by atoms with Crippen molar-refractivity contribution in [2.75, 3.05) is 0 Å². The Kier molecular flexibility index (Phi) is 0.844. The third-order valence-electron chi connectivity index (χ3n) is 1.05. The number of nitrogens with zero attached hydrogens (tertiary/aromatic N) is 2. The predicted molar refractivity (Wildman–Crippen MR) is 29.7 cm³/mol. The van der Waals surface area contributed by atoms with Gasteiger partial charge in [-0.2, -0.15) is 10.2 Å². The summed E-state index contributed by atoms with van der Waals surface area (Å²) in [4.78, 5) is 0. The van der Waals surface area contributed by atoms with Gasteiger partial charge < -0.3 is 11.5 Å². The van der Waals surface area contributed by atoms with Gasteiger partial charge in [0.05, 0.1) is 11.9 Å². The van der Waals surface area contributed by atoms with Crippen molar-refractivity contribution in [3.63, 3.8) is 0 Å². The summed E-state index contributed by atoms with van der Waals surface area (Å²) >= 11 is 0. The van der Waals surface area contributed by atoms with Gasteiger partial charge in [0.2, 0.25) is 0 Å². The molecule has 4 N–H and O–H groups in total. The molecule has 0 aliphatic carbocycles. The molecule has 0 bridgehead atoms. The van der Waals surface area contributed by atoms with E-state index in [1.54, 1.807) is 6.92 Å². The van der Waals surface area contributed by atoms with Crippen molar-refractivity contribution in [2.24, 2.45) is 21.7 Å². The lowest BCUT2D eigenvalue weighted by atomic mass is 10.2. The molecule has 0 spiro atoms. The van der Waals surface area contributed by atoms with Gasteiger partial charge in [-0.25, -0.2) is 0 Å². The van der Waals surface area contributed by atoms with Crippen LogP contribution < -0.4 is 11.5 Å². The lowest BCUT2D eigenvalue weighted by Gasteiger charge is -2.11. The van der Waals surface area contributed by atoms with Crippen LogP contribution in [0.25, 0.3) is 0 Å². The average Bonchev–Trinajstić information content (AvgIpc) is 1.86. The molecule has 0 amide bonds. The van der Waals surface area contributed by atoms with E-state index in [-0.39, 0.29) is 0 Å². The van der Waals surface area contributed by atoms with E-state index in [2.05, 4.69) is 10.2 Å². The Bertz CT molecular complexity index is 155. The summed E-state index contributed by atoms with van der Waals surface area (Å²) in [6.45, 7) is 1.70. The zero-order chi connectivity index (χ0) is 6.20. The van der Waals surface area contributed by atoms with Crippen LogP contribution in [-0.4, -0.2) is 5.66 Å². The minimum atomic E-state index is -0.750. The number of rotatable bonds is 0. The second kappa shape index (κ2) is 1.29. The zero-order valence-electron chi connectivity index (χ0n) is 4.63. The van der Waals surface area contributed by atoms with Gasteiger partial charge in [-0.15, -0.1) is 0 Å². The molecule has 8 heavy (non-hydrogen) atoms. The highest BCUT2D eigenvalue weighted by molar-refractivity contribution is 5.14. The van der Waals surface area contributed by atoms with Gasteiger partial charge in [-0.05, 0) is 6.92 Å². The van der Waals surface area contributed by atoms with Crippen molar-refractivity contribution in [1.29, 1.82) is 0 Å². The number of hydrogen-bond donors (Lipinski definition) is 2. The molecule has 0 saturated carbocycles. The van der Waals surface area contributed by atoms with E-state index in [4.69, 9.17) is 11.5 Å². The number of azo groups is 1. The van der Waals surface area contributed by atoms with Crippen LogP contribution in [-0.2, 0) is 0 Å². The molecule has 4 heteroatoms. The van der Waals surface area contributed by atoms with Crippen molar-refractivity contribution in [2.45, 2.75) is 12.6 Å². The maximum absolute atomic E-state index is 5.47. The smallest absolute Gasteiger partial charge is 0.168 e. The zero-order valence-corrected chi connectivity index (χ0v) is 4.63. The van der Waals surface area contributed by atoms with Crippen molar-refractivity contribution in [3.8, 4) is 0 Å². The average molecular weight is 112 g/mol. The van der Waals surface area contributed by atoms with Crippen LogP contribution in [0.5, 0.6) is 0 Å². The summed E-state index contributed by atoms with van der Waals surface area (Å²) in [6.07, 6.45) is 1.46. The summed E-state index contributed by atoms with van der Waals surface area (Å²) in [5.74, 6) is 0. The summed E-state index contributed by atoms with van der Waals surface area (Å²) in [7, 11) is 0. The molecule has 0 aromatic heterocycles. The molecule has 1 rings (SSSR count). The maximum Gasteiger partial charge on any atom is 0.168 e. The molecule has 1 aliphatic heterocycles. The summed E-state index contributed by atoms with van der Waals surface area (Å²) in [6, 6.07) is 0. The minimum absolute atomic E-state index is 0.512. The van der Waals surface area contributed by atoms with E-state index in [0.717, 1.165) is 0 Å². The van der Waals surface area contributed by atoms with Gasteiger partial charge in [0.25, 0.3) is 0 Å². The monoisotopic (exact) mass is 112 g/mol. The van der Waals surface area contributed by atoms with E-state index in [1.165, 1.54) is 6.20 Å². The molecule has 0 saturated heterocycles. The van der Waals surface area contributed by atoms with Gasteiger partial charge in [-0.1, -0.05) is 0 Å². The maximum atomic E-state index is 5.47. The number of nitrogens with two attached hydrogens (primary N) is 2. The molecule has 1 heterocycles. The second-order valence-corrected chi connectivity index (χ2v) is 1.95. The lowest BCUT2D eigenvalue weighted by Crippen LogP contribution is -2.37. The van der Waals surface area contributed by atoms with E-state index >= 15 is 0 Å². The molecular weight excluding hydrogens is 104 g/mol. The molecule has 0 fully saturated rings. The summed E-state index contributed by atoms with van der Waals surface area (Å²) in [5.41, 5.74) is 10.6. The molecule has 0 aromatic carbocycles. The molecule has 44 valence electrons. The first kappa shape index (κ1) is 5.24. The van der Waals surface area contributed by atoms with Gasteiger partial charge in [0.15, 0.2) is 5.66 Å². The van der Waals surface area contributed by atoms with Crippen molar-refractivity contribution < 1.29 is 0 Å². The minimum Gasteiger partial charge on any atom is -0.398 e. The first-order valence-corrected chi connectivity index (χ1v) is 2.30. The van der Waals surface area contributed by atoms with Crippen molar-refractivity contribution in [1.82, 2.24) is 0 Å². The number of hydrogen-bond acceptors (Lipinski definition) is 4. The molecule has 1 unspecified atom stereocenters. The molecule has 1 atom stereocenters. The van der Waals surface area contributed by atoms with Crippen LogP contribution in [0.4, 0.5) is 0 Å². The summed E-state index contributed by atoms with van der Waals surface area (Å²) < 4.78 is 0. The fraction of sp³-hybridized carbons (Fsp3) is 0.500. The quantitative estimate of drug-likeness (QED) is 0.460. The van der Waals surface area contributed by atoms with Gasteiger partial charge in [0.1, 0.15) is 0 Å². The van der Waals surface area contributed by atoms with E-state index < -0.39 is 5.66 Å². The Balaban J connectivity index is 2.87. The lowest BCUT2D eigenvalue weighted by molar-refractivity contribution is 0.570. The fourth-order valence-electron chi connectivity index (χ4n) is 0.399. The van der Waals surface area contributed by atoms with Crippen LogP contribution in [0.1, 0.15) is 6.92 Å². The van der Waals surface area contributed by atoms with E-state index in [1.807, 2.05) is 0 Å². The molecule has 0 radical (unpaired) electrons. The van der Waals surface area contributed by atoms with Crippen LogP contribution in [0.3, 0.4) is 0 Å². The standard InChI is InChI=1S/C4H8N4/c1-4(6)3(5)2-7-8-4/h2H,5-6H2,1H3. The van der Waals surface area contributed by atoms with Gasteiger partial charge >= 0.3 is 0 Å². The van der Waals surface area contributed by atoms with Crippen LogP contribution in [0, 0.1) is 0 Å². The highest BCUT2D eigenvalue weighted by Crippen LogP contribution is 2.15. The Hall–Kier alpha value is -0.900. The van der Waals surface area contributed by atoms with E-state index in [9.17, 15) is 0 Å². The first-order valence-electron chi connectivity index (χ1n) is 2.30. The molecular formula is C4H8N4. The van der Waals surface area contributed by atoms with Crippen LogP contribution in [0.2, 0.25) is 0 Å². The third kappa shape index (κ3) is 0.586. The molecule has 0 aromatic rings. The predicted octanol–water partition coefficient (Wildman–Crippen LogP) is -0.0728. The van der Waals surface area contributed by atoms with Crippen molar-refractivity contribution >= 4 is 0 Å². The summed E-state index contributed by atoms with van der Waals surface area (Å²) in [5, 5.41) is 7.16. The van der Waals surface area contributed by atoms with Crippen LogP contribution >= 0.6 is 0 Å². The van der Waals surface area contributed by atoms with Gasteiger partial charge in [-0.3, -0.25) is 0 Å². The highest BCUT2D eigenvalue weighted by Gasteiger charge is 2.23. The Morgan fingerprint density at radius 3 is 2.50 bits per heavy atom. The molecule has 1 aliphatic rings. The van der Waals surface area contributed by atoms with E-state index in [0.29, 0.717) is 5.70 Å². The largest absolute Gasteiger partial charge is 0.398 e. The Labute approximate surface area is 47.3 Å². The second-order valence-electron chi connectivity index (χ2n) is 1.95. The third-order valence-corrected chi connectivity index (χ3v) is 1.05. The van der Waals surface area contributed by atoms with Crippen LogP contribution in [0.15, 0.2) is 22.1 Å². The van der Waals surface area contributed by atoms with Gasteiger partial charge in [0, 0.05) is 0 Å². The fourth-order valence-corrected chi connectivity index (χ4v) is 0.399. The highest BCUT2D eigenvalue weighted by atomic mass is 15.3. The molecule has 4 nitrogen and oxygen atoms in total. The topological polar surface area (TPSA) is 76.8 Å². The normalized spacial score (nSPS) is 35.5.